The van der Waals surface area contributed by atoms with Crippen molar-refractivity contribution in [2.24, 2.45) is 5.84 Å². The topological polar surface area (TPSA) is 72.2 Å². The molecule has 0 saturated carbocycles. The third-order valence-corrected chi connectivity index (χ3v) is 3.68. The summed E-state index contributed by atoms with van der Waals surface area (Å²) >= 11 is 12.0. The number of nitrogen functional groups attached to an aromatic ring is 1. The number of pyridine rings is 1. The lowest BCUT2D eigenvalue weighted by molar-refractivity contribution is 0.0134. The largest absolute Gasteiger partial charge is 0.378 e. The normalized spacial score (nSPS) is 19.2. The summed E-state index contributed by atoms with van der Waals surface area (Å²) in [5, 5.41) is 4.06. The van der Waals surface area contributed by atoms with Crippen LogP contribution in [0, 0.1) is 0 Å². The van der Waals surface area contributed by atoms with Crippen molar-refractivity contribution >= 4 is 34.8 Å². The van der Waals surface area contributed by atoms with E-state index >= 15 is 0 Å². The van der Waals surface area contributed by atoms with Gasteiger partial charge in [-0.3, -0.25) is 0 Å². The number of nitrogens with two attached hydrogens (primary N) is 1. The van der Waals surface area contributed by atoms with Gasteiger partial charge in [-0.05, 0) is 31.7 Å². The Morgan fingerprint density at radius 3 is 2.79 bits per heavy atom. The first-order valence-electron chi connectivity index (χ1n) is 6.39. The van der Waals surface area contributed by atoms with Crippen molar-refractivity contribution in [3.05, 3.63) is 16.1 Å². The van der Waals surface area contributed by atoms with Crippen LogP contribution in [0.4, 0.5) is 11.6 Å². The number of hydrazine groups is 1. The maximum atomic E-state index is 6.07. The fraction of sp³-hybridized carbons (Fsp3) is 0.583. The Bertz CT molecular complexity index is 424. The average molecular weight is 305 g/mol. The van der Waals surface area contributed by atoms with E-state index in [2.05, 4.69) is 15.7 Å². The monoisotopic (exact) mass is 304 g/mol. The Balaban J connectivity index is 1.88. The summed E-state index contributed by atoms with van der Waals surface area (Å²) in [4.78, 5) is 4.22. The summed E-state index contributed by atoms with van der Waals surface area (Å²) in [7, 11) is 0. The van der Waals surface area contributed by atoms with Crippen molar-refractivity contribution in [2.45, 2.75) is 31.8 Å². The molecule has 0 radical (unpaired) electrons. The van der Waals surface area contributed by atoms with E-state index in [1.807, 2.05) is 0 Å². The zero-order chi connectivity index (χ0) is 13.7. The molecule has 1 aliphatic rings. The van der Waals surface area contributed by atoms with Crippen LogP contribution in [0.1, 0.15) is 25.7 Å². The van der Waals surface area contributed by atoms with E-state index in [9.17, 15) is 0 Å². The molecule has 1 unspecified atom stereocenters. The van der Waals surface area contributed by atoms with Crippen molar-refractivity contribution in [3.63, 3.8) is 0 Å². The molecular formula is C12H18Cl2N4O. The van der Waals surface area contributed by atoms with Crippen LogP contribution in [0.3, 0.4) is 0 Å². The molecule has 106 valence electrons. The van der Waals surface area contributed by atoms with Crippen LogP contribution < -0.4 is 16.6 Å². The predicted molar refractivity (Wildman–Crippen MR) is 78.8 cm³/mol. The van der Waals surface area contributed by atoms with Gasteiger partial charge in [-0.1, -0.05) is 23.2 Å². The van der Waals surface area contributed by atoms with Crippen LogP contribution in [-0.4, -0.2) is 24.2 Å². The number of halogens is 2. The molecular weight excluding hydrogens is 287 g/mol. The molecule has 7 heteroatoms. The molecule has 1 fully saturated rings. The molecule has 0 amide bonds. The molecule has 2 heterocycles. The number of nitrogens with zero attached hydrogens (tertiary/aromatic N) is 1. The van der Waals surface area contributed by atoms with Gasteiger partial charge in [0.2, 0.25) is 0 Å². The molecule has 5 nitrogen and oxygen atoms in total. The molecule has 2 rings (SSSR count). The minimum absolute atomic E-state index is 0.333. The SMILES string of the molecule is NNc1nc(NCCC2CCCCO2)c(Cl)cc1Cl. The second kappa shape index (κ2) is 7.14. The average Bonchev–Trinajstić information content (AvgIpc) is 2.42. The van der Waals surface area contributed by atoms with E-state index in [0.29, 0.717) is 27.8 Å². The van der Waals surface area contributed by atoms with E-state index in [4.69, 9.17) is 33.8 Å². The summed E-state index contributed by atoms with van der Waals surface area (Å²) in [5.41, 5.74) is 2.44. The quantitative estimate of drug-likeness (QED) is 0.576. The maximum Gasteiger partial charge on any atom is 0.161 e. The van der Waals surface area contributed by atoms with Gasteiger partial charge in [-0.2, -0.15) is 0 Å². The second-order valence-corrected chi connectivity index (χ2v) is 5.31. The van der Waals surface area contributed by atoms with Crippen LogP contribution in [0.25, 0.3) is 0 Å². The summed E-state index contributed by atoms with van der Waals surface area (Å²) in [5.74, 6) is 6.31. The van der Waals surface area contributed by atoms with Gasteiger partial charge < -0.3 is 15.5 Å². The third kappa shape index (κ3) is 4.11. The zero-order valence-corrected chi connectivity index (χ0v) is 12.1. The van der Waals surface area contributed by atoms with Gasteiger partial charge in [-0.25, -0.2) is 10.8 Å². The Labute approximate surface area is 122 Å². The van der Waals surface area contributed by atoms with E-state index in [1.54, 1.807) is 6.07 Å². The lowest BCUT2D eigenvalue weighted by Gasteiger charge is -2.22. The van der Waals surface area contributed by atoms with Crippen LogP contribution in [0.15, 0.2) is 6.07 Å². The first-order chi connectivity index (χ1) is 9.20. The van der Waals surface area contributed by atoms with E-state index in [1.165, 1.54) is 12.8 Å². The summed E-state index contributed by atoms with van der Waals surface area (Å²) in [6.07, 6.45) is 4.80. The van der Waals surface area contributed by atoms with E-state index in [-0.39, 0.29) is 0 Å². The first-order valence-corrected chi connectivity index (χ1v) is 7.14. The van der Waals surface area contributed by atoms with Crippen molar-refractivity contribution in [3.8, 4) is 0 Å². The molecule has 0 aliphatic carbocycles. The summed E-state index contributed by atoms with van der Waals surface area (Å²) < 4.78 is 5.66. The number of hydrogen-bond acceptors (Lipinski definition) is 5. The zero-order valence-electron chi connectivity index (χ0n) is 10.6. The van der Waals surface area contributed by atoms with Crippen molar-refractivity contribution < 1.29 is 4.74 Å². The van der Waals surface area contributed by atoms with Gasteiger partial charge in [-0.15, -0.1) is 0 Å². The molecule has 1 aromatic heterocycles. The number of nitrogens with one attached hydrogen (secondary N) is 2. The van der Waals surface area contributed by atoms with Gasteiger partial charge in [0.05, 0.1) is 16.1 Å². The maximum absolute atomic E-state index is 6.07. The fourth-order valence-electron chi connectivity index (χ4n) is 2.08. The van der Waals surface area contributed by atoms with Crippen molar-refractivity contribution in [2.75, 3.05) is 23.9 Å². The highest BCUT2D eigenvalue weighted by Gasteiger charge is 2.14. The molecule has 4 N–H and O–H groups in total. The smallest absolute Gasteiger partial charge is 0.161 e. The summed E-state index contributed by atoms with van der Waals surface area (Å²) in [6.45, 7) is 1.62. The van der Waals surface area contributed by atoms with Crippen LogP contribution in [0.5, 0.6) is 0 Å². The Morgan fingerprint density at radius 2 is 2.11 bits per heavy atom. The lowest BCUT2D eigenvalue weighted by Crippen LogP contribution is -2.22. The van der Waals surface area contributed by atoms with Crippen LogP contribution in [0.2, 0.25) is 10.0 Å². The highest BCUT2D eigenvalue weighted by molar-refractivity contribution is 6.37. The molecule has 0 bridgehead atoms. The highest BCUT2D eigenvalue weighted by atomic mass is 35.5. The van der Waals surface area contributed by atoms with Crippen molar-refractivity contribution in [1.29, 1.82) is 0 Å². The van der Waals surface area contributed by atoms with E-state index < -0.39 is 0 Å². The molecule has 0 aromatic carbocycles. The first kappa shape index (κ1) is 14.7. The number of rotatable bonds is 5. The van der Waals surface area contributed by atoms with Gasteiger partial charge in [0, 0.05) is 13.2 Å². The predicted octanol–water partition coefficient (Wildman–Crippen LogP) is 3.05. The third-order valence-electron chi connectivity index (χ3n) is 3.10. The standard InChI is InChI=1S/C12H18Cl2N4O/c13-9-7-10(14)12(18-15)17-11(9)16-5-4-8-3-1-2-6-19-8/h7-8H,1-6,15H2,(H2,16,17,18). The molecule has 1 saturated heterocycles. The molecule has 1 atom stereocenters. The highest BCUT2D eigenvalue weighted by Crippen LogP contribution is 2.28. The molecule has 1 aliphatic heterocycles. The van der Waals surface area contributed by atoms with Gasteiger partial charge in [0.1, 0.15) is 5.82 Å². The Hall–Kier alpha value is -0.750. The number of hydrogen-bond donors (Lipinski definition) is 3. The Morgan fingerprint density at radius 1 is 1.32 bits per heavy atom. The Kier molecular flexibility index (Phi) is 5.51. The minimum atomic E-state index is 0.333. The van der Waals surface area contributed by atoms with E-state index in [0.717, 1.165) is 26.0 Å². The van der Waals surface area contributed by atoms with Crippen LogP contribution >= 0.6 is 23.2 Å². The van der Waals surface area contributed by atoms with Crippen molar-refractivity contribution in [1.82, 2.24) is 4.98 Å². The molecule has 0 spiro atoms. The number of ether oxygens (including phenoxy) is 1. The minimum Gasteiger partial charge on any atom is -0.378 e. The lowest BCUT2D eigenvalue weighted by atomic mass is 10.1. The van der Waals surface area contributed by atoms with Gasteiger partial charge in [0.15, 0.2) is 5.82 Å². The van der Waals surface area contributed by atoms with Gasteiger partial charge >= 0.3 is 0 Å². The summed E-state index contributed by atoms with van der Waals surface area (Å²) in [6, 6.07) is 1.62. The molecule has 1 aromatic rings. The fourth-order valence-corrected chi connectivity index (χ4v) is 2.56. The van der Waals surface area contributed by atoms with Crippen LogP contribution in [-0.2, 0) is 4.74 Å². The van der Waals surface area contributed by atoms with Gasteiger partial charge in [0.25, 0.3) is 0 Å². The second-order valence-electron chi connectivity index (χ2n) is 4.50. The molecule has 19 heavy (non-hydrogen) atoms. The number of aromatic nitrogens is 1. The number of anilines is 2.